The average Bonchev–Trinajstić information content (AvgIpc) is 3.38. The molecule has 1 aromatic heterocycles. The molecule has 0 bridgehead atoms. The van der Waals surface area contributed by atoms with Crippen LogP contribution < -0.4 is 9.47 Å². The van der Waals surface area contributed by atoms with Gasteiger partial charge in [0.05, 0.1) is 18.9 Å². The molecule has 0 saturated heterocycles. The maximum atomic E-state index is 13.9. The number of benzene rings is 2. The highest BCUT2D eigenvalue weighted by Crippen LogP contribution is 2.50. The summed E-state index contributed by atoms with van der Waals surface area (Å²) >= 11 is 0. The van der Waals surface area contributed by atoms with Crippen molar-refractivity contribution in [2.75, 3.05) is 6.61 Å². The number of para-hydroxylation sites is 1. The lowest BCUT2D eigenvalue weighted by molar-refractivity contribution is -0.0214. The molecule has 0 spiro atoms. The van der Waals surface area contributed by atoms with Crippen molar-refractivity contribution in [2.45, 2.75) is 25.6 Å². The van der Waals surface area contributed by atoms with E-state index < -0.39 is 6.23 Å². The van der Waals surface area contributed by atoms with Crippen LogP contribution >= 0.6 is 0 Å². The molecule has 5 rings (SSSR count). The minimum absolute atomic E-state index is 0.0440. The molecule has 0 amide bonds. The van der Waals surface area contributed by atoms with Crippen molar-refractivity contribution in [3.05, 3.63) is 83.6 Å². The summed E-state index contributed by atoms with van der Waals surface area (Å²) in [4.78, 5) is 0. The fraction of sp³-hybridized carbons (Fsp3) is 0.227. The molecule has 3 heterocycles. The largest absolute Gasteiger partial charge is 0.490 e. The maximum absolute atomic E-state index is 13.9. The molecular weight excluding hydrogens is 359 g/mol. The molecule has 0 saturated carbocycles. The number of ether oxygens (including phenoxy) is 2. The standard InChI is InChI=1S/C22H19FN2O3/c1-2-26-20-9-4-8-16-18-13-17(19-10-5-11-27-19)24-25(18)22(28-21(16)20)14-6-3-7-15(23)12-14/h3-12,18,22H,2,13H2,1H3. The molecular formula is C22H19FN2O3. The van der Waals surface area contributed by atoms with Gasteiger partial charge in [-0.2, -0.15) is 5.10 Å². The number of halogens is 1. The minimum atomic E-state index is -0.553. The van der Waals surface area contributed by atoms with Gasteiger partial charge in [0.25, 0.3) is 0 Å². The molecule has 2 aliphatic rings. The Hall–Kier alpha value is -3.28. The normalized spacial score (nSPS) is 20.2. The molecule has 5 nitrogen and oxygen atoms in total. The van der Waals surface area contributed by atoms with Crippen LogP contribution in [0.25, 0.3) is 0 Å². The molecule has 2 unspecified atom stereocenters. The van der Waals surface area contributed by atoms with Gasteiger partial charge in [-0.15, -0.1) is 0 Å². The predicted octanol–water partition coefficient (Wildman–Crippen LogP) is 5.06. The van der Waals surface area contributed by atoms with Crippen LogP contribution in [0.4, 0.5) is 4.39 Å². The van der Waals surface area contributed by atoms with Crippen molar-refractivity contribution >= 4 is 5.71 Å². The van der Waals surface area contributed by atoms with Gasteiger partial charge in [-0.3, -0.25) is 0 Å². The van der Waals surface area contributed by atoms with E-state index in [0.29, 0.717) is 30.1 Å². The van der Waals surface area contributed by atoms with E-state index >= 15 is 0 Å². The Morgan fingerprint density at radius 3 is 2.86 bits per heavy atom. The van der Waals surface area contributed by atoms with Gasteiger partial charge in [0.15, 0.2) is 11.5 Å². The van der Waals surface area contributed by atoms with Crippen molar-refractivity contribution in [1.29, 1.82) is 0 Å². The van der Waals surface area contributed by atoms with Crippen molar-refractivity contribution in [2.24, 2.45) is 5.10 Å². The molecule has 0 N–H and O–H groups in total. The Bertz CT molecular complexity index is 1030. The van der Waals surface area contributed by atoms with Crippen LogP contribution in [0.5, 0.6) is 11.5 Å². The molecule has 142 valence electrons. The van der Waals surface area contributed by atoms with Gasteiger partial charge in [-0.25, -0.2) is 9.40 Å². The number of rotatable bonds is 4. The average molecular weight is 378 g/mol. The number of fused-ring (bicyclic) bond motifs is 3. The zero-order valence-corrected chi connectivity index (χ0v) is 15.3. The Balaban J connectivity index is 1.63. The molecule has 2 aromatic carbocycles. The summed E-state index contributed by atoms with van der Waals surface area (Å²) in [6.07, 6.45) is 1.75. The van der Waals surface area contributed by atoms with E-state index in [1.54, 1.807) is 12.3 Å². The van der Waals surface area contributed by atoms with Crippen LogP contribution in [0.3, 0.4) is 0 Å². The Morgan fingerprint density at radius 1 is 1.18 bits per heavy atom. The fourth-order valence-corrected chi connectivity index (χ4v) is 3.82. The van der Waals surface area contributed by atoms with E-state index in [9.17, 15) is 4.39 Å². The molecule has 0 aliphatic carbocycles. The number of nitrogens with zero attached hydrogens (tertiary/aromatic N) is 2. The van der Waals surface area contributed by atoms with Crippen molar-refractivity contribution < 1.29 is 18.3 Å². The van der Waals surface area contributed by atoms with Gasteiger partial charge in [0, 0.05) is 17.5 Å². The third kappa shape index (κ3) is 2.72. The van der Waals surface area contributed by atoms with Gasteiger partial charge in [-0.05, 0) is 37.3 Å². The van der Waals surface area contributed by atoms with Crippen molar-refractivity contribution in [3.8, 4) is 11.5 Å². The second-order valence-electron chi connectivity index (χ2n) is 6.76. The summed E-state index contributed by atoms with van der Waals surface area (Å²) in [5.74, 6) is 1.80. The number of hydrogen-bond donors (Lipinski definition) is 0. The molecule has 6 heteroatoms. The Morgan fingerprint density at radius 2 is 2.07 bits per heavy atom. The van der Waals surface area contributed by atoms with Crippen LogP contribution in [0, 0.1) is 5.82 Å². The van der Waals surface area contributed by atoms with Crippen LogP contribution in [0.2, 0.25) is 0 Å². The van der Waals surface area contributed by atoms with E-state index in [1.165, 1.54) is 12.1 Å². The number of hydrazone groups is 1. The van der Waals surface area contributed by atoms with Crippen molar-refractivity contribution in [1.82, 2.24) is 5.01 Å². The van der Waals surface area contributed by atoms with Crippen LogP contribution in [-0.2, 0) is 0 Å². The third-order valence-corrected chi connectivity index (χ3v) is 5.02. The number of hydrogen-bond acceptors (Lipinski definition) is 5. The second-order valence-corrected chi connectivity index (χ2v) is 6.76. The smallest absolute Gasteiger partial charge is 0.214 e. The lowest BCUT2D eigenvalue weighted by atomic mass is 9.97. The van der Waals surface area contributed by atoms with Gasteiger partial charge in [-0.1, -0.05) is 24.3 Å². The predicted molar refractivity (Wildman–Crippen MR) is 102 cm³/mol. The summed E-state index contributed by atoms with van der Waals surface area (Å²) in [6.45, 7) is 2.47. The van der Waals surface area contributed by atoms with Crippen molar-refractivity contribution in [3.63, 3.8) is 0 Å². The summed E-state index contributed by atoms with van der Waals surface area (Å²) in [6, 6.07) is 16.0. The monoisotopic (exact) mass is 378 g/mol. The van der Waals surface area contributed by atoms with Gasteiger partial charge in [0.2, 0.25) is 6.23 Å². The zero-order valence-electron chi connectivity index (χ0n) is 15.3. The fourth-order valence-electron chi connectivity index (χ4n) is 3.82. The topological polar surface area (TPSA) is 47.2 Å². The highest BCUT2D eigenvalue weighted by Gasteiger charge is 2.42. The van der Waals surface area contributed by atoms with Crippen LogP contribution in [0.15, 0.2) is 70.4 Å². The molecule has 0 fully saturated rings. The van der Waals surface area contributed by atoms with E-state index in [-0.39, 0.29) is 11.9 Å². The lowest BCUT2D eigenvalue weighted by Crippen LogP contribution is -2.34. The first-order valence-electron chi connectivity index (χ1n) is 9.32. The van der Waals surface area contributed by atoms with Gasteiger partial charge in [0.1, 0.15) is 17.3 Å². The zero-order chi connectivity index (χ0) is 19.1. The Labute approximate surface area is 162 Å². The second kappa shape index (κ2) is 6.71. The summed E-state index contributed by atoms with van der Waals surface area (Å²) in [5.41, 5.74) is 2.55. The van der Waals surface area contributed by atoms with Crippen LogP contribution in [-0.4, -0.2) is 17.3 Å². The van der Waals surface area contributed by atoms with Gasteiger partial charge < -0.3 is 13.9 Å². The number of furan rings is 1. The van der Waals surface area contributed by atoms with E-state index in [1.807, 2.05) is 48.3 Å². The molecule has 3 aromatic rings. The lowest BCUT2D eigenvalue weighted by Gasteiger charge is -2.38. The first-order chi connectivity index (χ1) is 13.7. The van der Waals surface area contributed by atoms with E-state index in [2.05, 4.69) is 0 Å². The maximum Gasteiger partial charge on any atom is 0.214 e. The molecule has 28 heavy (non-hydrogen) atoms. The minimum Gasteiger partial charge on any atom is -0.490 e. The first kappa shape index (κ1) is 16.9. The SMILES string of the molecule is CCOc1cccc2c1OC(c1cccc(F)c1)N1N=C(c3ccco3)CC21. The van der Waals surface area contributed by atoms with Gasteiger partial charge >= 0.3 is 0 Å². The quantitative estimate of drug-likeness (QED) is 0.637. The molecule has 2 atom stereocenters. The molecule has 2 aliphatic heterocycles. The summed E-state index contributed by atoms with van der Waals surface area (Å²) < 4.78 is 31.6. The summed E-state index contributed by atoms with van der Waals surface area (Å²) in [7, 11) is 0. The third-order valence-electron chi connectivity index (χ3n) is 5.02. The Kier molecular flexibility index (Phi) is 4.04. The van der Waals surface area contributed by atoms with Crippen LogP contribution in [0.1, 0.15) is 42.5 Å². The van der Waals surface area contributed by atoms with E-state index in [4.69, 9.17) is 19.0 Å². The highest BCUT2D eigenvalue weighted by molar-refractivity contribution is 5.99. The van der Waals surface area contributed by atoms with E-state index in [0.717, 1.165) is 17.0 Å². The molecule has 0 radical (unpaired) electrons. The summed E-state index contributed by atoms with van der Waals surface area (Å²) in [5, 5.41) is 6.68. The first-order valence-corrected chi connectivity index (χ1v) is 9.32. The highest BCUT2D eigenvalue weighted by atomic mass is 19.1.